The molecule has 0 bridgehead atoms. The lowest BCUT2D eigenvalue weighted by atomic mass is 10.0. The maximum Gasteiger partial charge on any atom is 0.153 e. The van der Waals surface area contributed by atoms with Gasteiger partial charge in [-0.05, 0) is 24.1 Å². The third-order valence-corrected chi connectivity index (χ3v) is 2.39. The molecule has 3 nitrogen and oxygen atoms in total. The standard InChI is InChI=1S/C12H17NO2/c1-3-11(13)12(14)8-9-4-6-10(15-2)7-5-9/h4-7,11H,3,8,13H2,1-2H3. The number of methoxy groups -OCH3 is 1. The Bertz CT molecular complexity index is 319. The van der Waals surface area contributed by atoms with E-state index in [0.29, 0.717) is 12.8 Å². The van der Waals surface area contributed by atoms with Gasteiger partial charge in [0, 0.05) is 6.42 Å². The third kappa shape index (κ3) is 3.36. The molecule has 1 unspecified atom stereocenters. The molecule has 0 aliphatic heterocycles. The van der Waals surface area contributed by atoms with E-state index in [0.717, 1.165) is 11.3 Å². The second-order valence-corrected chi connectivity index (χ2v) is 3.51. The van der Waals surface area contributed by atoms with Crippen LogP contribution in [0, 0.1) is 0 Å². The van der Waals surface area contributed by atoms with Crippen molar-refractivity contribution < 1.29 is 9.53 Å². The molecule has 1 atom stereocenters. The van der Waals surface area contributed by atoms with E-state index < -0.39 is 0 Å². The van der Waals surface area contributed by atoms with Crippen LogP contribution in [0.5, 0.6) is 5.75 Å². The third-order valence-electron chi connectivity index (χ3n) is 2.39. The normalized spacial score (nSPS) is 12.2. The van der Waals surface area contributed by atoms with E-state index in [2.05, 4.69) is 0 Å². The van der Waals surface area contributed by atoms with Crippen molar-refractivity contribution in [2.75, 3.05) is 7.11 Å². The number of benzene rings is 1. The van der Waals surface area contributed by atoms with Crippen molar-refractivity contribution in [2.45, 2.75) is 25.8 Å². The van der Waals surface area contributed by atoms with Crippen LogP contribution in [-0.4, -0.2) is 18.9 Å². The number of carbonyl (C=O) groups is 1. The summed E-state index contributed by atoms with van der Waals surface area (Å²) in [6.07, 6.45) is 1.09. The van der Waals surface area contributed by atoms with Crippen molar-refractivity contribution in [3.8, 4) is 5.75 Å². The van der Waals surface area contributed by atoms with E-state index in [1.54, 1.807) is 7.11 Å². The number of nitrogens with two attached hydrogens (primary N) is 1. The molecule has 1 aromatic carbocycles. The lowest BCUT2D eigenvalue weighted by Gasteiger charge is -2.07. The predicted molar refractivity (Wildman–Crippen MR) is 60.0 cm³/mol. The first-order chi connectivity index (χ1) is 7.17. The Hall–Kier alpha value is -1.35. The number of ether oxygens (including phenoxy) is 1. The van der Waals surface area contributed by atoms with Crippen LogP contribution in [0.4, 0.5) is 0 Å². The summed E-state index contributed by atoms with van der Waals surface area (Å²) < 4.78 is 5.03. The number of ketones is 1. The summed E-state index contributed by atoms with van der Waals surface area (Å²) in [5, 5.41) is 0. The Balaban J connectivity index is 2.61. The van der Waals surface area contributed by atoms with E-state index in [1.807, 2.05) is 31.2 Å². The average molecular weight is 207 g/mol. The second-order valence-electron chi connectivity index (χ2n) is 3.51. The van der Waals surface area contributed by atoms with Gasteiger partial charge in [-0.3, -0.25) is 4.79 Å². The fraction of sp³-hybridized carbons (Fsp3) is 0.417. The van der Waals surface area contributed by atoms with Gasteiger partial charge in [0.15, 0.2) is 5.78 Å². The van der Waals surface area contributed by atoms with Gasteiger partial charge in [-0.15, -0.1) is 0 Å². The molecule has 0 spiro atoms. The van der Waals surface area contributed by atoms with E-state index in [9.17, 15) is 4.79 Å². The van der Waals surface area contributed by atoms with Crippen molar-refractivity contribution in [3.63, 3.8) is 0 Å². The van der Waals surface area contributed by atoms with Gasteiger partial charge in [-0.1, -0.05) is 19.1 Å². The molecule has 1 rings (SSSR count). The van der Waals surface area contributed by atoms with Crippen LogP contribution in [0.3, 0.4) is 0 Å². The van der Waals surface area contributed by atoms with Crippen LogP contribution in [0.15, 0.2) is 24.3 Å². The van der Waals surface area contributed by atoms with E-state index in [4.69, 9.17) is 10.5 Å². The van der Waals surface area contributed by atoms with Crippen LogP contribution in [0.1, 0.15) is 18.9 Å². The fourth-order valence-electron chi connectivity index (χ4n) is 1.30. The molecule has 0 fully saturated rings. The molecule has 3 heteroatoms. The van der Waals surface area contributed by atoms with E-state index in [1.165, 1.54) is 0 Å². The minimum absolute atomic E-state index is 0.0858. The molecule has 0 aliphatic rings. The summed E-state index contributed by atoms with van der Waals surface area (Å²) in [7, 11) is 1.62. The summed E-state index contributed by atoms with van der Waals surface area (Å²) in [5.41, 5.74) is 6.62. The molecule has 0 saturated heterocycles. The predicted octanol–water partition coefficient (Wildman–Crippen LogP) is 1.54. The second kappa shape index (κ2) is 5.51. The van der Waals surface area contributed by atoms with Gasteiger partial charge in [0.2, 0.25) is 0 Å². The molecule has 0 amide bonds. The van der Waals surface area contributed by atoms with Crippen LogP contribution in [0.2, 0.25) is 0 Å². The van der Waals surface area contributed by atoms with E-state index in [-0.39, 0.29) is 11.8 Å². The first-order valence-corrected chi connectivity index (χ1v) is 5.08. The Morgan fingerprint density at radius 2 is 2.00 bits per heavy atom. The molecule has 0 aliphatic carbocycles. The van der Waals surface area contributed by atoms with Crippen molar-refractivity contribution in [1.29, 1.82) is 0 Å². The highest BCUT2D eigenvalue weighted by Gasteiger charge is 2.11. The van der Waals surface area contributed by atoms with Gasteiger partial charge in [0.1, 0.15) is 5.75 Å². The maximum absolute atomic E-state index is 11.5. The minimum atomic E-state index is -0.341. The van der Waals surface area contributed by atoms with Crippen LogP contribution >= 0.6 is 0 Å². The van der Waals surface area contributed by atoms with Gasteiger partial charge < -0.3 is 10.5 Å². The van der Waals surface area contributed by atoms with Gasteiger partial charge in [0.05, 0.1) is 13.2 Å². The summed E-state index contributed by atoms with van der Waals surface area (Å²) in [5.74, 6) is 0.883. The molecule has 0 aromatic heterocycles. The van der Waals surface area contributed by atoms with Gasteiger partial charge in [0.25, 0.3) is 0 Å². The summed E-state index contributed by atoms with van der Waals surface area (Å²) in [6, 6.07) is 7.13. The Morgan fingerprint density at radius 1 is 1.40 bits per heavy atom. The monoisotopic (exact) mass is 207 g/mol. The molecule has 0 radical (unpaired) electrons. The zero-order valence-corrected chi connectivity index (χ0v) is 9.19. The Morgan fingerprint density at radius 3 is 2.47 bits per heavy atom. The topological polar surface area (TPSA) is 52.3 Å². The summed E-state index contributed by atoms with van der Waals surface area (Å²) >= 11 is 0. The van der Waals surface area contributed by atoms with E-state index >= 15 is 0 Å². The Labute approximate surface area is 90.2 Å². The van der Waals surface area contributed by atoms with Gasteiger partial charge >= 0.3 is 0 Å². The van der Waals surface area contributed by atoms with Gasteiger partial charge in [-0.25, -0.2) is 0 Å². The molecular weight excluding hydrogens is 190 g/mol. The lowest BCUT2D eigenvalue weighted by molar-refractivity contribution is -0.119. The van der Waals surface area contributed by atoms with Crippen molar-refractivity contribution in [3.05, 3.63) is 29.8 Å². The molecule has 1 aromatic rings. The molecule has 15 heavy (non-hydrogen) atoms. The zero-order valence-electron chi connectivity index (χ0n) is 9.19. The van der Waals surface area contributed by atoms with Crippen LogP contribution in [-0.2, 0) is 11.2 Å². The number of Topliss-reactive ketones (excluding diaryl/α,β-unsaturated/α-hetero) is 1. The quantitative estimate of drug-likeness (QED) is 0.796. The highest BCUT2D eigenvalue weighted by molar-refractivity contribution is 5.85. The summed E-state index contributed by atoms with van der Waals surface area (Å²) in [4.78, 5) is 11.5. The highest BCUT2D eigenvalue weighted by Crippen LogP contribution is 2.12. The van der Waals surface area contributed by atoms with Crippen molar-refractivity contribution in [2.24, 2.45) is 5.73 Å². The average Bonchev–Trinajstić information content (AvgIpc) is 2.29. The van der Waals surface area contributed by atoms with Gasteiger partial charge in [-0.2, -0.15) is 0 Å². The maximum atomic E-state index is 11.5. The number of carbonyl (C=O) groups excluding carboxylic acids is 1. The molecular formula is C12H17NO2. The largest absolute Gasteiger partial charge is 0.497 e. The minimum Gasteiger partial charge on any atom is -0.497 e. The molecule has 82 valence electrons. The first kappa shape index (κ1) is 11.7. The number of hydrogen-bond acceptors (Lipinski definition) is 3. The van der Waals surface area contributed by atoms with Crippen LogP contribution in [0.25, 0.3) is 0 Å². The highest BCUT2D eigenvalue weighted by atomic mass is 16.5. The fourth-order valence-corrected chi connectivity index (χ4v) is 1.30. The first-order valence-electron chi connectivity index (χ1n) is 5.08. The molecule has 0 saturated carbocycles. The van der Waals surface area contributed by atoms with Crippen LogP contribution < -0.4 is 10.5 Å². The molecule has 0 heterocycles. The smallest absolute Gasteiger partial charge is 0.153 e. The van der Waals surface area contributed by atoms with Crippen molar-refractivity contribution in [1.82, 2.24) is 0 Å². The Kier molecular flexibility index (Phi) is 4.31. The zero-order chi connectivity index (χ0) is 11.3. The SMILES string of the molecule is CCC(N)C(=O)Cc1ccc(OC)cc1. The molecule has 2 N–H and O–H groups in total. The van der Waals surface area contributed by atoms with Crippen molar-refractivity contribution >= 4 is 5.78 Å². The lowest BCUT2D eigenvalue weighted by Crippen LogP contribution is -2.30. The number of rotatable bonds is 5. The summed E-state index contributed by atoms with van der Waals surface area (Å²) in [6.45, 7) is 1.91. The number of hydrogen-bond donors (Lipinski definition) is 1.